The van der Waals surface area contributed by atoms with Crippen molar-refractivity contribution in [1.82, 2.24) is 15.0 Å². The number of esters is 3. The van der Waals surface area contributed by atoms with Gasteiger partial charge in [-0.05, 0) is 72.8 Å². The van der Waals surface area contributed by atoms with E-state index in [4.69, 9.17) is 14.2 Å². The Balaban J connectivity index is 1.41. The molecule has 3 heterocycles. The number of carbonyl (C=O) groups excluding carboxylic acids is 3. The van der Waals surface area contributed by atoms with Crippen molar-refractivity contribution < 1.29 is 28.6 Å². The van der Waals surface area contributed by atoms with Crippen molar-refractivity contribution in [1.29, 1.82) is 0 Å². The van der Waals surface area contributed by atoms with E-state index in [1.54, 1.807) is 0 Å². The SMILES string of the molecule is CC(=O)OCc1ccc2cc(N(c3ccc4nc(COC(C)=O)ccc4c3)c3ccc4nc(COC(C)=O)ccc4c3)ccc2n1. The summed E-state index contributed by atoms with van der Waals surface area (Å²) in [6.45, 7) is 4.45. The van der Waals surface area contributed by atoms with Gasteiger partial charge in [0, 0.05) is 54.0 Å². The molecule has 0 N–H and O–H groups in total. The third kappa shape index (κ3) is 6.91. The van der Waals surface area contributed by atoms with E-state index in [2.05, 4.69) is 38.1 Å². The summed E-state index contributed by atoms with van der Waals surface area (Å²) in [6, 6.07) is 29.5. The molecule has 10 nitrogen and oxygen atoms in total. The van der Waals surface area contributed by atoms with E-state index in [1.807, 2.05) is 72.8 Å². The molecule has 3 aromatic heterocycles. The number of ether oxygens (including phenoxy) is 3. The van der Waals surface area contributed by atoms with Crippen LogP contribution in [-0.4, -0.2) is 32.9 Å². The van der Waals surface area contributed by atoms with Crippen LogP contribution in [-0.2, 0) is 48.4 Å². The molecule has 0 saturated heterocycles. The number of carbonyl (C=O) groups is 3. The van der Waals surface area contributed by atoms with Crippen LogP contribution in [0.4, 0.5) is 17.1 Å². The second kappa shape index (κ2) is 13.0. The molecule has 10 heteroatoms. The molecule has 0 spiro atoms. The molecule has 230 valence electrons. The summed E-state index contributed by atoms with van der Waals surface area (Å²) in [7, 11) is 0. The van der Waals surface area contributed by atoms with Gasteiger partial charge < -0.3 is 19.1 Å². The molecule has 0 unspecified atom stereocenters. The van der Waals surface area contributed by atoms with Gasteiger partial charge >= 0.3 is 17.9 Å². The van der Waals surface area contributed by atoms with Crippen molar-refractivity contribution >= 4 is 67.7 Å². The largest absolute Gasteiger partial charge is 0.459 e. The Morgan fingerprint density at radius 1 is 0.478 bits per heavy atom. The van der Waals surface area contributed by atoms with Gasteiger partial charge in [0.05, 0.1) is 33.6 Å². The molecule has 0 saturated carbocycles. The van der Waals surface area contributed by atoms with Crippen LogP contribution < -0.4 is 4.90 Å². The molecule has 0 aliphatic heterocycles. The zero-order valence-corrected chi connectivity index (χ0v) is 25.5. The lowest BCUT2D eigenvalue weighted by Gasteiger charge is -2.26. The Kier molecular flexibility index (Phi) is 8.51. The average molecular weight is 615 g/mol. The number of nitrogens with zero attached hydrogens (tertiary/aromatic N) is 4. The van der Waals surface area contributed by atoms with Gasteiger partial charge in [0.2, 0.25) is 0 Å². The first-order chi connectivity index (χ1) is 22.2. The molecule has 3 aromatic carbocycles. The number of hydrogen-bond acceptors (Lipinski definition) is 10. The highest BCUT2D eigenvalue weighted by Crippen LogP contribution is 2.38. The van der Waals surface area contributed by atoms with Gasteiger partial charge in [-0.2, -0.15) is 0 Å². The zero-order valence-electron chi connectivity index (χ0n) is 25.5. The van der Waals surface area contributed by atoms with Crippen molar-refractivity contribution in [2.75, 3.05) is 4.90 Å². The Hall–Kier alpha value is -5.90. The third-order valence-corrected chi connectivity index (χ3v) is 7.24. The number of hydrogen-bond donors (Lipinski definition) is 0. The van der Waals surface area contributed by atoms with Crippen LogP contribution in [0, 0.1) is 0 Å². The minimum absolute atomic E-state index is 0.112. The summed E-state index contributed by atoms with van der Waals surface area (Å²) in [5.74, 6) is -1.07. The van der Waals surface area contributed by atoms with Gasteiger partial charge in [0.15, 0.2) is 0 Å². The maximum atomic E-state index is 11.3. The molecule has 0 bridgehead atoms. The topological polar surface area (TPSA) is 121 Å². The third-order valence-electron chi connectivity index (χ3n) is 7.24. The Morgan fingerprint density at radius 3 is 1.07 bits per heavy atom. The van der Waals surface area contributed by atoms with Gasteiger partial charge in [0.25, 0.3) is 0 Å². The van der Waals surface area contributed by atoms with Crippen LogP contribution in [0.3, 0.4) is 0 Å². The first-order valence-corrected chi connectivity index (χ1v) is 14.6. The van der Waals surface area contributed by atoms with Crippen LogP contribution in [0.5, 0.6) is 0 Å². The lowest BCUT2D eigenvalue weighted by Crippen LogP contribution is -2.10. The number of benzene rings is 3. The molecular formula is C36H30N4O6. The van der Waals surface area contributed by atoms with E-state index < -0.39 is 0 Å². The lowest BCUT2D eigenvalue weighted by molar-refractivity contribution is -0.143. The van der Waals surface area contributed by atoms with Crippen LogP contribution in [0.2, 0.25) is 0 Å². The van der Waals surface area contributed by atoms with Crippen LogP contribution in [0.15, 0.2) is 91.0 Å². The second-order valence-corrected chi connectivity index (χ2v) is 10.7. The van der Waals surface area contributed by atoms with Crippen LogP contribution >= 0.6 is 0 Å². The van der Waals surface area contributed by atoms with Gasteiger partial charge in [-0.3, -0.25) is 14.4 Å². The molecule has 6 rings (SSSR count). The number of fused-ring (bicyclic) bond motifs is 3. The highest BCUT2D eigenvalue weighted by Gasteiger charge is 2.16. The summed E-state index contributed by atoms with van der Waals surface area (Å²) in [5.41, 5.74) is 7.03. The smallest absolute Gasteiger partial charge is 0.303 e. The van der Waals surface area contributed by atoms with E-state index in [0.717, 1.165) is 49.8 Å². The van der Waals surface area contributed by atoms with Crippen LogP contribution in [0.1, 0.15) is 37.9 Å². The fourth-order valence-corrected chi connectivity index (χ4v) is 5.10. The van der Waals surface area contributed by atoms with E-state index in [9.17, 15) is 14.4 Å². The van der Waals surface area contributed by atoms with Gasteiger partial charge in [0.1, 0.15) is 19.8 Å². The molecule has 46 heavy (non-hydrogen) atoms. The molecule has 0 fully saturated rings. The molecule has 6 aromatic rings. The Bertz CT molecular complexity index is 1890. The predicted octanol–water partition coefficient (Wildman–Crippen LogP) is 6.99. The van der Waals surface area contributed by atoms with Crippen LogP contribution in [0.25, 0.3) is 32.7 Å². The minimum atomic E-state index is -0.356. The molecule has 0 atom stereocenters. The normalized spacial score (nSPS) is 11.0. The number of pyridine rings is 3. The number of rotatable bonds is 9. The standard InChI is InChI=1S/C36H30N4O6/c1-22(41)44-19-28-7-4-25-16-31(10-13-34(25)37-28)40(32-11-14-35-26(17-32)5-8-29(38-35)20-45-23(2)42)33-12-15-36-27(18-33)6-9-30(39-36)21-46-24(3)43/h4-18H,19-21H2,1-3H3. The van der Waals surface area contributed by atoms with Crippen molar-refractivity contribution in [3.63, 3.8) is 0 Å². The van der Waals surface area contributed by atoms with E-state index >= 15 is 0 Å². The Labute approximate surface area is 264 Å². The van der Waals surface area contributed by atoms with Crippen molar-refractivity contribution in [2.45, 2.75) is 40.6 Å². The maximum absolute atomic E-state index is 11.3. The lowest BCUT2D eigenvalue weighted by atomic mass is 10.1. The predicted molar refractivity (Wildman–Crippen MR) is 173 cm³/mol. The zero-order chi connectivity index (χ0) is 32.2. The molecule has 0 aliphatic rings. The van der Waals surface area contributed by atoms with E-state index in [0.29, 0.717) is 17.1 Å². The first kappa shape index (κ1) is 30.1. The van der Waals surface area contributed by atoms with Crippen molar-refractivity contribution in [2.24, 2.45) is 0 Å². The minimum Gasteiger partial charge on any atom is -0.459 e. The highest BCUT2D eigenvalue weighted by atomic mass is 16.5. The average Bonchev–Trinajstić information content (AvgIpc) is 3.05. The molecule has 0 radical (unpaired) electrons. The summed E-state index contributed by atoms with van der Waals surface area (Å²) in [5, 5.41) is 2.76. The van der Waals surface area contributed by atoms with E-state index in [-0.39, 0.29) is 37.7 Å². The van der Waals surface area contributed by atoms with Crippen molar-refractivity contribution in [3.05, 3.63) is 108 Å². The second-order valence-electron chi connectivity index (χ2n) is 10.7. The van der Waals surface area contributed by atoms with Crippen molar-refractivity contribution in [3.8, 4) is 0 Å². The summed E-state index contributed by atoms with van der Waals surface area (Å²) < 4.78 is 15.4. The number of aromatic nitrogens is 3. The summed E-state index contributed by atoms with van der Waals surface area (Å²) in [4.78, 5) is 50.0. The summed E-state index contributed by atoms with van der Waals surface area (Å²) in [6.07, 6.45) is 0. The monoisotopic (exact) mass is 614 g/mol. The van der Waals surface area contributed by atoms with Gasteiger partial charge in [-0.1, -0.05) is 18.2 Å². The van der Waals surface area contributed by atoms with Gasteiger partial charge in [-0.25, -0.2) is 15.0 Å². The quantitative estimate of drug-likeness (QED) is 0.124. The maximum Gasteiger partial charge on any atom is 0.303 e. The molecule has 0 aliphatic carbocycles. The fraction of sp³-hybridized carbons (Fsp3) is 0.167. The summed E-state index contributed by atoms with van der Waals surface area (Å²) >= 11 is 0. The van der Waals surface area contributed by atoms with Gasteiger partial charge in [-0.15, -0.1) is 0 Å². The Morgan fingerprint density at radius 2 is 0.783 bits per heavy atom. The first-order valence-electron chi connectivity index (χ1n) is 14.6. The molecule has 0 amide bonds. The fourth-order valence-electron chi connectivity index (χ4n) is 5.10. The highest BCUT2D eigenvalue weighted by molar-refractivity contribution is 5.93. The number of anilines is 3. The molecular weight excluding hydrogens is 584 g/mol. The van der Waals surface area contributed by atoms with E-state index in [1.165, 1.54) is 20.8 Å².